The minimum absolute atomic E-state index is 0.171. The van der Waals surface area contributed by atoms with E-state index in [0.29, 0.717) is 5.56 Å². The third kappa shape index (κ3) is 3.02. The maximum Gasteiger partial charge on any atom is 0.255 e. The molecule has 28 heavy (non-hydrogen) atoms. The van der Waals surface area contributed by atoms with Crippen molar-refractivity contribution in [3.05, 3.63) is 65.9 Å². The number of pyridine rings is 1. The van der Waals surface area contributed by atoms with Gasteiger partial charge < -0.3 is 5.32 Å². The van der Waals surface area contributed by atoms with Crippen LogP contribution in [0.1, 0.15) is 15.9 Å². The molecule has 136 valence electrons. The number of nitrogens with one attached hydrogen (secondary N) is 1. The van der Waals surface area contributed by atoms with E-state index in [-0.39, 0.29) is 5.91 Å². The molecule has 0 fully saturated rings. The number of carbonyl (C=O) groups excluding carboxylic acids is 1. The number of benzene rings is 2. The highest BCUT2D eigenvalue weighted by Crippen LogP contribution is 2.31. The molecule has 0 aliphatic carbocycles. The topological polar surface area (TPSA) is 80.7 Å². The molecule has 0 spiro atoms. The van der Waals surface area contributed by atoms with Gasteiger partial charge in [0.25, 0.3) is 5.91 Å². The number of amides is 1. The molecule has 0 aliphatic heterocycles. The van der Waals surface area contributed by atoms with Crippen LogP contribution in [0.4, 0.5) is 5.69 Å². The van der Waals surface area contributed by atoms with E-state index in [1.807, 2.05) is 43.3 Å². The number of hydrogen-bond donors (Lipinski definition) is 1. The number of anilines is 1. The van der Waals surface area contributed by atoms with Gasteiger partial charge in [-0.2, -0.15) is 8.75 Å². The zero-order valence-electron chi connectivity index (χ0n) is 14.7. The molecule has 5 aromatic rings. The largest absolute Gasteiger partial charge is 0.322 e. The number of nitrogens with zero attached hydrogens (tertiary/aromatic N) is 4. The third-order valence-electron chi connectivity index (χ3n) is 4.40. The third-order valence-corrected chi connectivity index (χ3v) is 5.99. The van der Waals surface area contributed by atoms with Crippen LogP contribution in [0.2, 0.25) is 0 Å². The number of fused-ring (bicyclic) bond motifs is 2. The van der Waals surface area contributed by atoms with Gasteiger partial charge in [-0.15, -0.1) is 0 Å². The lowest BCUT2D eigenvalue weighted by Crippen LogP contribution is -2.12. The van der Waals surface area contributed by atoms with E-state index in [4.69, 9.17) is 0 Å². The van der Waals surface area contributed by atoms with Crippen molar-refractivity contribution in [2.75, 3.05) is 5.32 Å². The van der Waals surface area contributed by atoms with Gasteiger partial charge in [-0.1, -0.05) is 11.3 Å². The summed E-state index contributed by atoms with van der Waals surface area (Å²) in [5.41, 5.74) is 5.72. The summed E-state index contributed by atoms with van der Waals surface area (Å²) in [4.78, 5) is 22.5. The molecule has 0 atom stereocenters. The molecule has 1 amide bonds. The van der Waals surface area contributed by atoms with E-state index in [1.165, 1.54) is 0 Å². The van der Waals surface area contributed by atoms with Crippen LogP contribution in [0.5, 0.6) is 0 Å². The molecule has 0 radical (unpaired) electrons. The summed E-state index contributed by atoms with van der Waals surface area (Å²) >= 11 is 2.70. The van der Waals surface area contributed by atoms with Crippen molar-refractivity contribution in [2.24, 2.45) is 0 Å². The summed E-state index contributed by atoms with van der Waals surface area (Å²) in [6.45, 7) is 1.97. The van der Waals surface area contributed by atoms with Crippen LogP contribution < -0.4 is 5.32 Å². The first kappa shape index (κ1) is 16.9. The fraction of sp³-hybridized carbons (Fsp3) is 0.0500. The van der Waals surface area contributed by atoms with E-state index < -0.39 is 0 Å². The first-order valence-corrected chi connectivity index (χ1v) is 10.1. The number of carbonyl (C=O) groups is 1. The minimum atomic E-state index is -0.171. The Bertz CT molecular complexity index is 1310. The molecule has 1 N–H and O–H groups in total. The van der Waals surface area contributed by atoms with Gasteiger partial charge in [-0.05, 0) is 61.0 Å². The predicted molar refractivity (Wildman–Crippen MR) is 113 cm³/mol. The van der Waals surface area contributed by atoms with Crippen LogP contribution >= 0.6 is 23.1 Å². The maximum atomic E-state index is 12.6. The Morgan fingerprint density at radius 2 is 1.89 bits per heavy atom. The molecule has 0 saturated carbocycles. The van der Waals surface area contributed by atoms with Crippen LogP contribution in [-0.4, -0.2) is 24.6 Å². The van der Waals surface area contributed by atoms with Crippen molar-refractivity contribution < 1.29 is 4.79 Å². The van der Waals surface area contributed by atoms with Gasteiger partial charge in [0.05, 0.1) is 11.7 Å². The first-order chi connectivity index (χ1) is 13.7. The highest BCUT2D eigenvalue weighted by molar-refractivity contribution is 7.21. The fourth-order valence-corrected chi connectivity index (χ4v) is 4.37. The van der Waals surface area contributed by atoms with Gasteiger partial charge in [-0.25, -0.2) is 9.97 Å². The number of hydrogen-bond acceptors (Lipinski definition) is 7. The molecule has 0 aliphatic rings. The second-order valence-electron chi connectivity index (χ2n) is 6.30. The Hall–Kier alpha value is -3.23. The van der Waals surface area contributed by atoms with Crippen molar-refractivity contribution in [1.29, 1.82) is 0 Å². The summed E-state index contributed by atoms with van der Waals surface area (Å²) < 4.78 is 8.35. The minimum Gasteiger partial charge on any atom is -0.322 e. The Morgan fingerprint density at radius 3 is 2.75 bits per heavy atom. The molecule has 3 heterocycles. The zero-order chi connectivity index (χ0) is 19.1. The molecule has 0 bridgehead atoms. The second-order valence-corrected chi connectivity index (χ2v) is 7.80. The Kier molecular flexibility index (Phi) is 4.07. The van der Waals surface area contributed by atoms with Crippen LogP contribution in [-0.2, 0) is 0 Å². The lowest BCUT2D eigenvalue weighted by Gasteiger charge is -2.09. The van der Waals surface area contributed by atoms with Gasteiger partial charge in [0, 0.05) is 23.0 Å². The Morgan fingerprint density at radius 1 is 1.00 bits per heavy atom. The van der Waals surface area contributed by atoms with Gasteiger partial charge in [-0.3, -0.25) is 4.79 Å². The maximum absolute atomic E-state index is 12.6. The average Bonchev–Trinajstić information content (AvgIpc) is 3.35. The zero-order valence-corrected chi connectivity index (χ0v) is 16.3. The van der Waals surface area contributed by atoms with Crippen LogP contribution in [0.15, 0.2) is 54.7 Å². The smallest absolute Gasteiger partial charge is 0.255 e. The predicted octanol–water partition coefficient (Wildman–Crippen LogP) is 4.92. The average molecular weight is 403 g/mol. The van der Waals surface area contributed by atoms with Crippen LogP contribution in [0.3, 0.4) is 0 Å². The number of rotatable bonds is 3. The monoisotopic (exact) mass is 403 g/mol. The van der Waals surface area contributed by atoms with Crippen molar-refractivity contribution >= 4 is 56.0 Å². The van der Waals surface area contributed by atoms with Gasteiger partial charge in [0.1, 0.15) is 26.4 Å². The van der Waals surface area contributed by atoms with Crippen molar-refractivity contribution in [3.63, 3.8) is 0 Å². The summed E-state index contributed by atoms with van der Waals surface area (Å²) in [6, 6.07) is 15.1. The van der Waals surface area contributed by atoms with Gasteiger partial charge in [0.15, 0.2) is 0 Å². The summed E-state index contributed by atoms with van der Waals surface area (Å²) in [6.07, 6.45) is 1.77. The highest BCUT2D eigenvalue weighted by atomic mass is 32.1. The molecular formula is C20H13N5OS2. The molecule has 0 unspecified atom stereocenters. The van der Waals surface area contributed by atoms with Gasteiger partial charge >= 0.3 is 0 Å². The molecule has 0 saturated heterocycles. The Labute approximate surface area is 168 Å². The summed E-state index contributed by atoms with van der Waals surface area (Å²) in [5.74, 6) is -0.171. The fourth-order valence-electron chi connectivity index (χ4n) is 2.95. The second kappa shape index (κ2) is 6.74. The normalized spacial score (nSPS) is 11.2. The van der Waals surface area contributed by atoms with E-state index in [1.54, 1.807) is 29.7 Å². The first-order valence-electron chi connectivity index (χ1n) is 8.54. The Balaban J connectivity index is 1.42. The summed E-state index contributed by atoms with van der Waals surface area (Å²) in [7, 11) is 0. The molecule has 3 aromatic heterocycles. The number of aryl methyl sites for hydroxylation is 1. The number of thiazole rings is 1. The van der Waals surface area contributed by atoms with E-state index in [9.17, 15) is 4.79 Å². The van der Waals surface area contributed by atoms with E-state index in [2.05, 4.69) is 24.0 Å². The standard InChI is InChI=1S/C20H13N5OS2/c1-11-9-13(19-23-16-3-2-8-21-20(16)27-19)5-6-14(11)22-18(26)12-4-7-15-17(10-12)25-28-24-15/h2-10H,1H3,(H,22,26). The molecule has 5 rings (SSSR count). The molecule has 8 heteroatoms. The molecule has 2 aromatic carbocycles. The highest BCUT2D eigenvalue weighted by Gasteiger charge is 2.12. The van der Waals surface area contributed by atoms with Gasteiger partial charge in [0.2, 0.25) is 0 Å². The van der Waals surface area contributed by atoms with Crippen molar-refractivity contribution in [3.8, 4) is 10.6 Å². The van der Waals surface area contributed by atoms with Crippen molar-refractivity contribution in [2.45, 2.75) is 6.92 Å². The van der Waals surface area contributed by atoms with Crippen molar-refractivity contribution in [1.82, 2.24) is 18.7 Å². The molecule has 6 nitrogen and oxygen atoms in total. The van der Waals surface area contributed by atoms with Crippen LogP contribution in [0.25, 0.3) is 32.0 Å². The lowest BCUT2D eigenvalue weighted by molar-refractivity contribution is 0.102. The quantitative estimate of drug-likeness (QED) is 0.462. The SMILES string of the molecule is Cc1cc(-c2nc3cccnc3s2)ccc1NC(=O)c1ccc2nsnc2c1. The number of aromatic nitrogens is 4. The van der Waals surface area contributed by atoms with Crippen LogP contribution in [0, 0.1) is 6.92 Å². The lowest BCUT2D eigenvalue weighted by atomic mass is 10.1. The van der Waals surface area contributed by atoms with E-state index in [0.717, 1.165) is 54.9 Å². The molecular weight excluding hydrogens is 390 g/mol. The van der Waals surface area contributed by atoms with E-state index >= 15 is 0 Å². The summed E-state index contributed by atoms with van der Waals surface area (Å²) in [5, 5.41) is 3.89.